The second kappa shape index (κ2) is 8.41. The van der Waals surface area contributed by atoms with Crippen LogP contribution in [0.5, 0.6) is 0 Å². The second-order valence-corrected chi connectivity index (χ2v) is 6.33. The quantitative estimate of drug-likeness (QED) is 0.766. The van der Waals surface area contributed by atoms with E-state index in [0.717, 1.165) is 22.3 Å². The number of hydrogen-bond acceptors (Lipinski definition) is 3. The fraction of sp³-hybridized carbons (Fsp3) is 0.273. The summed E-state index contributed by atoms with van der Waals surface area (Å²) in [6.07, 6.45) is -0.0916. The van der Waals surface area contributed by atoms with Crippen LogP contribution in [0.4, 0.5) is 4.79 Å². The van der Waals surface area contributed by atoms with E-state index in [-0.39, 0.29) is 18.9 Å². The fourth-order valence-electron chi connectivity index (χ4n) is 3.38. The molecule has 0 saturated heterocycles. The Balaban J connectivity index is 1.66. The number of carboxylic acid groups (broad SMARTS) is 1. The van der Waals surface area contributed by atoms with E-state index in [2.05, 4.69) is 29.3 Å². The minimum absolute atomic E-state index is 0.0580. The molecule has 5 heteroatoms. The molecular weight excluding hydrogens is 342 g/mol. The van der Waals surface area contributed by atoms with E-state index in [1.807, 2.05) is 36.4 Å². The van der Waals surface area contributed by atoms with Crippen molar-refractivity contribution in [1.82, 2.24) is 5.32 Å². The minimum atomic E-state index is -1.10. The molecule has 2 N–H and O–H groups in total. The number of benzene rings is 2. The maximum Gasteiger partial charge on any atom is 0.407 e. The standard InChI is InChI=1S/C22H21NO4/c1-2-3-4-13-20(21(24)25)23-22(26)27-14-19-17-11-7-5-9-15(17)16-10-6-8-12-18(16)19/h5-12,19-20H,4,13-14H2,1H3,(H,23,26)(H,24,25). The van der Waals surface area contributed by atoms with Crippen molar-refractivity contribution in [2.75, 3.05) is 6.61 Å². The predicted octanol–water partition coefficient (Wildman–Crippen LogP) is 3.78. The number of hydrogen-bond donors (Lipinski definition) is 2. The maximum atomic E-state index is 12.1. The number of ether oxygens (including phenoxy) is 1. The number of nitrogens with one attached hydrogen (secondary N) is 1. The van der Waals surface area contributed by atoms with E-state index >= 15 is 0 Å². The van der Waals surface area contributed by atoms with Gasteiger partial charge in [0.15, 0.2) is 0 Å². The summed E-state index contributed by atoms with van der Waals surface area (Å²) in [5.41, 5.74) is 4.51. The van der Waals surface area contributed by atoms with E-state index < -0.39 is 18.1 Å². The molecule has 0 heterocycles. The summed E-state index contributed by atoms with van der Waals surface area (Å²) in [6.45, 7) is 1.84. The molecule has 1 unspecified atom stereocenters. The molecule has 0 radical (unpaired) electrons. The molecular formula is C22H21NO4. The second-order valence-electron chi connectivity index (χ2n) is 6.33. The molecule has 27 heavy (non-hydrogen) atoms. The number of amides is 1. The first-order valence-corrected chi connectivity index (χ1v) is 8.85. The Morgan fingerprint density at radius 3 is 2.26 bits per heavy atom. The molecule has 0 aromatic heterocycles. The van der Waals surface area contributed by atoms with Crippen LogP contribution in [-0.2, 0) is 9.53 Å². The molecule has 0 saturated carbocycles. The van der Waals surface area contributed by atoms with Crippen molar-refractivity contribution in [2.45, 2.75) is 31.7 Å². The molecule has 2 aromatic carbocycles. The van der Waals surface area contributed by atoms with Crippen LogP contribution in [0.1, 0.15) is 36.8 Å². The molecule has 1 atom stereocenters. The molecule has 3 rings (SSSR count). The lowest BCUT2D eigenvalue weighted by Gasteiger charge is -2.17. The highest BCUT2D eigenvalue weighted by atomic mass is 16.5. The lowest BCUT2D eigenvalue weighted by molar-refractivity contribution is -0.139. The smallest absolute Gasteiger partial charge is 0.407 e. The molecule has 138 valence electrons. The summed E-state index contributed by atoms with van der Waals surface area (Å²) in [4.78, 5) is 23.4. The Labute approximate surface area is 158 Å². The van der Waals surface area contributed by atoms with Gasteiger partial charge in [0, 0.05) is 12.3 Å². The van der Waals surface area contributed by atoms with Gasteiger partial charge in [0.2, 0.25) is 0 Å². The van der Waals surface area contributed by atoms with Crippen LogP contribution >= 0.6 is 0 Å². The number of fused-ring (bicyclic) bond motifs is 3. The van der Waals surface area contributed by atoms with Gasteiger partial charge in [0.05, 0.1) is 0 Å². The van der Waals surface area contributed by atoms with Crippen molar-refractivity contribution >= 4 is 12.1 Å². The van der Waals surface area contributed by atoms with Gasteiger partial charge in [-0.3, -0.25) is 0 Å². The van der Waals surface area contributed by atoms with Crippen LogP contribution < -0.4 is 5.32 Å². The van der Waals surface area contributed by atoms with Crippen LogP contribution in [0.3, 0.4) is 0 Å². The Bertz CT molecular complexity index is 864. The molecule has 5 nitrogen and oxygen atoms in total. The van der Waals surface area contributed by atoms with Crippen molar-refractivity contribution in [3.8, 4) is 23.0 Å². The van der Waals surface area contributed by atoms with Crippen LogP contribution in [-0.4, -0.2) is 29.8 Å². The van der Waals surface area contributed by atoms with Gasteiger partial charge < -0.3 is 15.2 Å². The van der Waals surface area contributed by atoms with Gasteiger partial charge in [-0.25, -0.2) is 9.59 Å². The van der Waals surface area contributed by atoms with Crippen molar-refractivity contribution in [3.63, 3.8) is 0 Å². The van der Waals surface area contributed by atoms with Gasteiger partial charge in [-0.1, -0.05) is 48.5 Å². The zero-order valence-electron chi connectivity index (χ0n) is 15.1. The van der Waals surface area contributed by atoms with Crippen molar-refractivity contribution in [1.29, 1.82) is 0 Å². The molecule has 1 amide bonds. The van der Waals surface area contributed by atoms with E-state index in [1.165, 1.54) is 0 Å². The normalized spacial score (nSPS) is 12.9. The first kappa shape index (κ1) is 18.5. The average molecular weight is 363 g/mol. The average Bonchev–Trinajstić information content (AvgIpc) is 2.99. The third kappa shape index (κ3) is 4.12. The van der Waals surface area contributed by atoms with Crippen LogP contribution in [0, 0.1) is 11.8 Å². The zero-order valence-corrected chi connectivity index (χ0v) is 15.1. The first-order valence-electron chi connectivity index (χ1n) is 8.85. The topological polar surface area (TPSA) is 75.6 Å². The number of carbonyl (C=O) groups is 2. The molecule has 1 aliphatic carbocycles. The Hall–Kier alpha value is -3.26. The van der Waals surface area contributed by atoms with Gasteiger partial charge in [0.25, 0.3) is 0 Å². The Morgan fingerprint density at radius 2 is 1.70 bits per heavy atom. The lowest BCUT2D eigenvalue weighted by atomic mass is 9.98. The molecule has 0 aliphatic heterocycles. The Morgan fingerprint density at radius 1 is 1.11 bits per heavy atom. The van der Waals surface area contributed by atoms with Gasteiger partial charge in [-0.2, -0.15) is 0 Å². The number of rotatable bonds is 6. The highest BCUT2D eigenvalue weighted by Crippen LogP contribution is 2.44. The van der Waals surface area contributed by atoms with Crippen molar-refractivity contribution in [3.05, 3.63) is 59.7 Å². The maximum absolute atomic E-state index is 12.1. The van der Waals surface area contributed by atoms with E-state index in [1.54, 1.807) is 6.92 Å². The summed E-state index contributed by atoms with van der Waals surface area (Å²) in [5.74, 6) is 4.36. The van der Waals surface area contributed by atoms with Gasteiger partial charge in [-0.05, 0) is 35.6 Å². The summed E-state index contributed by atoms with van der Waals surface area (Å²) >= 11 is 0. The fourth-order valence-corrected chi connectivity index (χ4v) is 3.38. The number of carbonyl (C=O) groups excluding carboxylic acids is 1. The summed E-state index contributed by atoms with van der Waals surface area (Å²) < 4.78 is 5.38. The van der Waals surface area contributed by atoms with Gasteiger partial charge in [-0.15, -0.1) is 11.8 Å². The zero-order chi connectivity index (χ0) is 19.2. The summed E-state index contributed by atoms with van der Waals surface area (Å²) in [6, 6.07) is 15.1. The molecule has 2 aromatic rings. The highest BCUT2D eigenvalue weighted by Gasteiger charge is 2.29. The third-order valence-electron chi connectivity index (χ3n) is 4.67. The number of alkyl carbamates (subject to hydrolysis) is 1. The molecule has 0 bridgehead atoms. The monoisotopic (exact) mass is 363 g/mol. The number of aliphatic carboxylic acids is 1. The lowest BCUT2D eigenvalue weighted by Crippen LogP contribution is -2.41. The van der Waals surface area contributed by atoms with Crippen LogP contribution in [0.25, 0.3) is 11.1 Å². The highest BCUT2D eigenvalue weighted by molar-refractivity contribution is 5.81. The van der Waals surface area contributed by atoms with Crippen molar-refractivity contribution < 1.29 is 19.4 Å². The molecule has 1 aliphatic rings. The minimum Gasteiger partial charge on any atom is -0.480 e. The first-order chi connectivity index (χ1) is 13.1. The van der Waals surface area contributed by atoms with Crippen LogP contribution in [0.15, 0.2) is 48.5 Å². The third-order valence-corrected chi connectivity index (χ3v) is 4.67. The van der Waals surface area contributed by atoms with E-state index in [4.69, 9.17) is 4.74 Å². The Kier molecular flexibility index (Phi) is 5.77. The van der Waals surface area contributed by atoms with Crippen LogP contribution in [0.2, 0.25) is 0 Å². The molecule has 0 spiro atoms. The van der Waals surface area contributed by atoms with Gasteiger partial charge in [0.1, 0.15) is 12.6 Å². The van der Waals surface area contributed by atoms with Crippen molar-refractivity contribution in [2.24, 2.45) is 0 Å². The SMILES string of the molecule is CC#CCCC(NC(=O)OCC1c2ccccc2-c2ccccc21)C(=O)O. The number of carboxylic acids is 1. The summed E-state index contributed by atoms with van der Waals surface area (Å²) in [7, 11) is 0. The summed E-state index contributed by atoms with van der Waals surface area (Å²) in [5, 5.41) is 11.7. The van der Waals surface area contributed by atoms with E-state index in [9.17, 15) is 14.7 Å². The van der Waals surface area contributed by atoms with Gasteiger partial charge >= 0.3 is 12.1 Å². The van der Waals surface area contributed by atoms with E-state index in [0.29, 0.717) is 6.42 Å². The molecule has 0 fully saturated rings. The largest absolute Gasteiger partial charge is 0.480 e. The predicted molar refractivity (Wildman–Crippen MR) is 102 cm³/mol.